The maximum atomic E-state index is 12.7. The highest BCUT2D eigenvalue weighted by atomic mass is 16.5. The number of hydrogen-bond donors (Lipinski definition) is 2. The summed E-state index contributed by atoms with van der Waals surface area (Å²) < 4.78 is 6.31. The average molecular weight is 420 g/mol. The van der Waals surface area contributed by atoms with Crippen molar-refractivity contribution in [2.45, 2.75) is 12.1 Å². The fourth-order valence-electron chi connectivity index (χ4n) is 3.65. The first-order valence-electron chi connectivity index (χ1n) is 9.98. The quantitative estimate of drug-likeness (QED) is 0.632. The third-order valence-electron chi connectivity index (χ3n) is 5.37. The van der Waals surface area contributed by atoms with E-state index in [1.54, 1.807) is 0 Å². The lowest BCUT2D eigenvalue weighted by Crippen LogP contribution is -2.49. The summed E-state index contributed by atoms with van der Waals surface area (Å²) in [5.74, 6) is -1.02. The third-order valence-corrected chi connectivity index (χ3v) is 5.37. The molecule has 8 heteroatoms. The molecule has 1 amide bonds. The molecule has 0 spiro atoms. The summed E-state index contributed by atoms with van der Waals surface area (Å²) in [7, 11) is 3.33. The van der Waals surface area contributed by atoms with Crippen LogP contribution in [0.2, 0.25) is 0 Å². The highest BCUT2D eigenvalue weighted by molar-refractivity contribution is 5.95. The molecule has 1 aromatic heterocycles. The molecule has 0 atom stereocenters. The van der Waals surface area contributed by atoms with Crippen LogP contribution in [0.4, 0.5) is 5.95 Å². The van der Waals surface area contributed by atoms with Gasteiger partial charge in [0, 0.05) is 14.1 Å². The second-order valence-electron chi connectivity index (χ2n) is 7.52. The molecule has 0 unspecified atom stereocenters. The minimum atomic E-state index is -0.688. The number of carbonyl (C=O) groups excluding carboxylic acids is 1. The van der Waals surface area contributed by atoms with Gasteiger partial charge in [0.25, 0.3) is 11.5 Å². The lowest BCUT2D eigenvalue weighted by atomic mass is 9.97. The van der Waals surface area contributed by atoms with E-state index in [1.807, 2.05) is 72.6 Å². The molecule has 0 bridgehead atoms. The topological polar surface area (TPSA) is 96.7 Å². The van der Waals surface area contributed by atoms with Crippen LogP contribution >= 0.6 is 0 Å². The number of ether oxygens (including phenoxy) is 1. The molecular weight excluding hydrogens is 396 g/mol. The van der Waals surface area contributed by atoms with E-state index in [0.717, 1.165) is 11.1 Å². The lowest BCUT2D eigenvalue weighted by molar-refractivity contribution is -0.00360. The summed E-state index contributed by atoms with van der Waals surface area (Å²) in [4.78, 5) is 31.6. The summed E-state index contributed by atoms with van der Waals surface area (Å²) >= 11 is 0. The van der Waals surface area contributed by atoms with Crippen LogP contribution in [-0.2, 0) is 11.8 Å². The molecule has 8 nitrogen and oxygen atoms in total. The van der Waals surface area contributed by atoms with Crippen LogP contribution in [0.5, 0.6) is 5.75 Å². The van der Waals surface area contributed by atoms with Gasteiger partial charge in [-0.3, -0.25) is 14.2 Å². The van der Waals surface area contributed by atoms with Crippen molar-refractivity contribution in [3.05, 3.63) is 87.8 Å². The highest BCUT2D eigenvalue weighted by Crippen LogP contribution is 2.31. The van der Waals surface area contributed by atoms with Gasteiger partial charge >= 0.3 is 0 Å². The molecule has 2 N–H and O–H groups in total. The number of aromatic nitrogens is 2. The Bertz CT molecular complexity index is 1090. The maximum Gasteiger partial charge on any atom is 0.297 e. The number of hydrogen-bond acceptors (Lipinski definition) is 6. The van der Waals surface area contributed by atoms with Gasteiger partial charge in [0.05, 0.1) is 25.3 Å². The van der Waals surface area contributed by atoms with E-state index in [4.69, 9.17) is 4.74 Å². The average Bonchev–Trinajstić information content (AvgIpc) is 2.76. The maximum absolute atomic E-state index is 12.7. The van der Waals surface area contributed by atoms with Gasteiger partial charge in [0.1, 0.15) is 0 Å². The molecule has 31 heavy (non-hydrogen) atoms. The summed E-state index contributed by atoms with van der Waals surface area (Å²) in [6.07, 6.45) is 0. The number of aromatic hydroxyl groups is 1. The first-order chi connectivity index (χ1) is 15.0. The van der Waals surface area contributed by atoms with Crippen LogP contribution in [-0.4, -0.2) is 46.9 Å². The number of carbonyl (C=O) groups is 1. The smallest absolute Gasteiger partial charge is 0.297 e. The van der Waals surface area contributed by atoms with Gasteiger partial charge in [-0.25, -0.2) is 4.98 Å². The molecule has 1 saturated heterocycles. The molecule has 0 saturated carbocycles. The molecule has 0 aliphatic carbocycles. The lowest BCUT2D eigenvalue weighted by Gasteiger charge is -2.31. The van der Waals surface area contributed by atoms with Crippen LogP contribution in [0, 0.1) is 0 Å². The Kier molecular flexibility index (Phi) is 5.73. The Balaban J connectivity index is 1.79. The Hall–Kier alpha value is -3.65. The summed E-state index contributed by atoms with van der Waals surface area (Å²) in [6.45, 7) is 0.794. The van der Waals surface area contributed by atoms with Crippen molar-refractivity contribution in [2.24, 2.45) is 7.05 Å². The van der Waals surface area contributed by atoms with Crippen LogP contribution in [0.15, 0.2) is 65.5 Å². The Labute approximate surface area is 179 Å². The van der Waals surface area contributed by atoms with Crippen LogP contribution in [0.25, 0.3) is 0 Å². The molecule has 160 valence electrons. The summed E-state index contributed by atoms with van der Waals surface area (Å²) in [6, 6.07) is 19.2. The molecule has 2 heterocycles. The molecular formula is C23H24N4O4. The van der Waals surface area contributed by atoms with Crippen molar-refractivity contribution in [1.82, 2.24) is 14.9 Å². The number of benzene rings is 2. The Morgan fingerprint density at radius 1 is 1.13 bits per heavy atom. The minimum Gasteiger partial charge on any atom is -0.501 e. The Morgan fingerprint density at radius 2 is 1.68 bits per heavy atom. The van der Waals surface area contributed by atoms with Gasteiger partial charge in [0.15, 0.2) is 5.69 Å². The standard InChI is InChI=1S/C23H24N4O4/c1-26(19(15-9-5-3-6-10-15)16-11-7-4-8-12-16)23-25-18(20(28)22(30)27(23)2)21(29)24-17-13-31-14-17/h3-12,17,19,28H,13-14H2,1-2H3,(H,24,29). The molecule has 0 radical (unpaired) electrons. The van der Waals surface area contributed by atoms with Gasteiger partial charge in [-0.1, -0.05) is 60.7 Å². The Morgan fingerprint density at radius 3 is 2.16 bits per heavy atom. The van der Waals surface area contributed by atoms with E-state index in [-0.39, 0.29) is 23.7 Å². The van der Waals surface area contributed by atoms with Crippen molar-refractivity contribution in [3.8, 4) is 5.75 Å². The van der Waals surface area contributed by atoms with Gasteiger partial charge in [0.2, 0.25) is 11.7 Å². The largest absolute Gasteiger partial charge is 0.501 e. The highest BCUT2D eigenvalue weighted by Gasteiger charge is 2.28. The second-order valence-corrected chi connectivity index (χ2v) is 7.52. The first-order valence-corrected chi connectivity index (χ1v) is 9.98. The van der Waals surface area contributed by atoms with Crippen LogP contribution in [0.1, 0.15) is 27.7 Å². The van der Waals surface area contributed by atoms with Gasteiger partial charge in [-0.05, 0) is 11.1 Å². The van der Waals surface area contributed by atoms with E-state index in [9.17, 15) is 14.7 Å². The number of anilines is 1. The molecule has 4 rings (SSSR count). The molecule has 1 aliphatic rings. The minimum absolute atomic E-state index is 0.152. The van der Waals surface area contributed by atoms with E-state index >= 15 is 0 Å². The fraction of sp³-hybridized carbons (Fsp3) is 0.261. The summed E-state index contributed by atoms with van der Waals surface area (Å²) in [5, 5.41) is 13.1. The number of nitrogens with one attached hydrogen (secondary N) is 1. The van der Waals surface area contributed by atoms with Crippen molar-refractivity contribution in [3.63, 3.8) is 0 Å². The predicted molar refractivity (Wildman–Crippen MR) is 116 cm³/mol. The van der Waals surface area contributed by atoms with Crippen molar-refractivity contribution in [1.29, 1.82) is 0 Å². The van der Waals surface area contributed by atoms with Gasteiger partial charge < -0.3 is 20.1 Å². The number of nitrogens with zero attached hydrogens (tertiary/aromatic N) is 3. The zero-order valence-electron chi connectivity index (χ0n) is 17.4. The van der Waals surface area contributed by atoms with E-state index in [2.05, 4.69) is 10.3 Å². The van der Waals surface area contributed by atoms with Crippen molar-refractivity contribution >= 4 is 11.9 Å². The predicted octanol–water partition coefficient (Wildman–Crippen LogP) is 1.84. The SMILES string of the molecule is CN(c1nc(C(=O)NC2COC2)c(O)c(=O)n1C)C(c1ccccc1)c1ccccc1. The monoisotopic (exact) mass is 420 g/mol. The van der Waals surface area contributed by atoms with Crippen molar-refractivity contribution < 1.29 is 14.6 Å². The van der Waals surface area contributed by atoms with Gasteiger partial charge in [-0.2, -0.15) is 0 Å². The normalized spacial score (nSPS) is 13.6. The van der Waals surface area contributed by atoms with Gasteiger partial charge in [-0.15, -0.1) is 0 Å². The number of amides is 1. The molecule has 1 aliphatic heterocycles. The zero-order valence-corrected chi connectivity index (χ0v) is 17.4. The zero-order chi connectivity index (χ0) is 22.0. The third kappa shape index (κ3) is 4.02. The molecule has 2 aromatic carbocycles. The van der Waals surface area contributed by atoms with E-state index in [1.165, 1.54) is 11.6 Å². The first kappa shape index (κ1) is 20.6. The van der Waals surface area contributed by atoms with E-state index in [0.29, 0.717) is 13.2 Å². The molecule has 1 fully saturated rings. The summed E-state index contributed by atoms with van der Waals surface area (Å²) in [5.41, 5.74) is 1.01. The van der Waals surface area contributed by atoms with E-state index < -0.39 is 17.2 Å². The number of rotatable bonds is 6. The molecule has 3 aromatic rings. The second kappa shape index (κ2) is 8.61. The van der Waals surface area contributed by atoms with Crippen molar-refractivity contribution in [2.75, 3.05) is 25.2 Å². The fourth-order valence-corrected chi connectivity index (χ4v) is 3.65. The van der Waals surface area contributed by atoms with Crippen LogP contribution < -0.4 is 15.8 Å². The van der Waals surface area contributed by atoms with Crippen LogP contribution in [0.3, 0.4) is 0 Å².